The summed E-state index contributed by atoms with van der Waals surface area (Å²) in [6.07, 6.45) is 33.7. The smallest absolute Gasteiger partial charge is 0.462 e. The number of rotatable bonds is 60. The highest BCUT2D eigenvalue weighted by Gasteiger charge is 2.30. The maximum Gasteiger partial charge on any atom is 0.472 e. The number of phosphoric acid groups is 2. The molecule has 0 aromatic rings. The van der Waals surface area contributed by atoms with Crippen molar-refractivity contribution in [3.8, 4) is 0 Å². The average Bonchev–Trinajstić information content (AvgIpc) is 3.42. The van der Waals surface area contributed by atoms with E-state index in [1.165, 1.54) is 96.3 Å². The van der Waals surface area contributed by atoms with Crippen LogP contribution in [0, 0.1) is 17.8 Å². The fraction of sp³-hybridized carbons (Fsp3) is 0.935. The third-order valence-corrected chi connectivity index (χ3v) is 16.4. The molecule has 0 aromatic heterocycles. The molecule has 0 bridgehead atoms. The average molecular weight is 1200 g/mol. The fourth-order valence-corrected chi connectivity index (χ4v) is 10.7. The van der Waals surface area contributed by atoms with Gasteiger partial charge in [-0.05, 0) is 43.4 Å². The molecule has 0 rings (SSSR count). The van der Waals surface area contributed by atoms with Gasteiger partial charge in [-0.3, -0.25) is 37.3 Å². The number of carbonyl (C=O) groups excluding carboxylic acids is 4. The van der Waals surface area contributed by atoms with Crippen LogP contribution < -0.4 is 0 Å². The lowest BCUT2D eigenvalue weighted by atomic mass is 9.99. The van der Waals surface area contributed by atoms with E-state index >= 15 is 0 Å². The predicted octanol–water partition coefficient (Wildman–Crippen LogP) is 16.7. The predicted molar refractivity (Wildman–Crippen MR) is 321 cm³/mol. The van der Waals surface area contributed by atoms with E-state index < -0.39 is 97.5 Å². The molecule has 480 valence electrons. The summed E-state index contributed by atoms with van der Waals surface area (Å²) >= 11 is 0. The lowest BCUT2D eigenvalue weighted by molar-refractivity contribution is -0.161. The summed E-state index contributed by atoms with van der Waals surface area (Å²) in [6, 6.07) is 0. The third kappa shape index (κ3) is 55.7. The van der Waals surface area contributed by atoms with Gasteiger partial charge in [-0.15, -0.1) is 0 Å². The molecule has 0 radical (unpaired) electrons. The number of phosphoric ester groups is 2. The molecular formula is C62H120O17P2. The summed E-state index contributed by atoms with van der Waals surface area (Å²) < 4.78 is 67.8. The molecule has 19 heteroatoms. The molecule has 0 aliphatic heterocycles. The Morgan fingerprint density at radius 2 is 0.630 bits per heavy atom. The Kier molecular flexibility index (Phi) is 52.2. The minimum atomic E-state index is -4.94. The molecule has 0 saturated heterocycles. The maximum absolute atomic E-state index is 13.0. The Morgan fingerprint density at radius 3 is 0.938 bits per heavy atom. The summed E-state index contributed by atoms with van der Waals surface area (Å²) in [5, 5.41) is 10.5. The first-order chi connectivity index (χ1) is 38.8. The number of aliphatic hydroxyl groups excluding tert-OH is 1. The number of aliphatic hydroxyl groups is 1. The van der Waals surface area contributed by atoms with Gasteiger partial charge in [0.05, 0.1) is 26.4 Å². The van der Waals surface area contributed by atoms with Crippen molar-refractivity contribution < 1.29 is 80.2 Å². The van der Waals surface area contributed by atoms with Crippen LogP contribution in [0.5, 0.6) is 0 Å². The van der Waals surface area contributed by atoms with E-state index in [1.807, 2.05) is 0 Å². The van der Waals surface area contributed by atoms with Gasteiger partial charge in [0.2, 0.25) is 0 Å². The van der Waals surface area contributed by atoms with E-state index in [1.54, 1.807) is 0 Å². The van der Waals surface area contributed by atoms with Crippen molar-refractivity contribution in [3.05, 3.63) is 0 Å². The normalized spacial score (nSPS) is 14.8. The second kappa shape index (κ2) is 53.5. The molecule has 0 saturated carbocycles. The van der Waals surface area contributed by atoms with Crippen LogP contribution in [-0.2, 0) is 65.4 Å². The van der Waals surface area contributed by atoms with Gasteiger partial charge >= 0.3 is 39.5 Å². The molecule has 3 unspecified atom stereocenters. The van der Waals surface area contributed by atoms with Gasteiger partial charge < -0.3 is 33.8 Å². The zero-order valence-electron chi connectivity index (χ0n) is 52.2. The highest BCUT2D eigenvalue weighted by Crippen LogP contribution is 2.45. The topological polar surface area (TPSA) is 237 Å². The highest BCUT2D eigenvalue weighted by atomic mass is 31.2. The Labute approximate surface area is 492 Å². The van der Waals surface area contributed by atoms with E-state index in [0.717, 1.165) is 109 Å². The third-order valence-electron chi connectivity index (χ3n) is 14.5. The van der Waals surface area contributed by atoms with Gasteiger partial charge in [-0.25, -0.2) is 9.13 Å². The van der Waals surface area contributed by atoms with Gasteiger partial charge in [-0.2, -0.15) is 0 Å². The largest absolute Gasteiger partial charge is 0.472 e. The minimum Gasteiger partial charge on any atom is -0.462 e. The second-order valence-electron chi connectivity index (χ2n) is 23.6. The first-order valence-corrected chi connectivity index (χ1v) is 35.4. The molecule has 0 heterocycles. The lowest BCUT2D eigenvalue weighted by Crippen LogP contribution is -2.30. The summed E-state index contributed by atoms with van der Waals surface area (Å²) in [5.74, 6) is 0.0321. The molecule has 6 atom stereocenters. The molecule has 0 aliphatic carbocycles. The van der Waals surface area contributed by atoms with Crippen LogP contribution in [0.2, 0.25) is 0 Å². The molecule has 0 aromatic carbocycles. The van der Waals surface area contributed by atoms with Crippen LogP contribution in [0.3, 0.4) is 0 Å². The van der Waals surface area contributed by atoms with Gasteiger partial charge in [0.25, 0.3) is 0 Å². The molecule has 0 amide bonds. The van der Waals surface area contributed by atoms with E-state index in [-0.39, 0.29) is 25.7 Å². The molecule has 0 aliphatic rings. The van der Waals surface area contributed by atoms with Gasteiger partial charge in [0.15, 0.2) is 12.2 Å². The minimum absolute atomic E-state index is 0.101. The van der Waals surface area contributed by atoms with Gasteiger partial charge in [-0.1, -0.05) is 248 Å². The number of carbonyl (C=O) groups is 4. The Hall–Kier alpha value is -1.94. The summed E-state index contributed by atoms with van der Waals surface area (Å²) in [7, 11) is -9.88. The zero-order chi connectivity index (χ0) is 60.3. The molecule has 0 spiro atoms. The van der Waals surface area contributed by atoms with Crippen molar-refractivity contribution in [1.82, 2.24) is 0 Å². The maximum atomic E-state index is 13.0. The van der Waals surface area contributed by atoms with Crippen LogP contribution in [-0.4, -0.2) is 96.7 Å². The number of ether oxygens (including phenoxy) is 4. The lowest BCUT2D eigenvalue weighted by Gasteiger charge is -2.21. The van der Waals surface area contributed by atoms with Crippen LogP contribution in [0.15, 0.2) is 0 Å². The van der Waals surface area contributed by atoms with Gasteiger partial charge in [0, 0.05) is 25.7 Å². The first-order valence-electron chi connectivity index (χ1n) is 32.4. The fourth-order valence-electron chi connectivity index (χ4n) is 9.09. The first kappa shape index (κ1) is 79.1. The standard InChI is InChI=1S/C62H120O17P2/c1-8-10-11-12-13-21-29-36-43-59(64)72-50-58(79-62(67)46-39-32-25-24-27-34-41-54(5)6)52-77-81(70,71)75-48-56(63)47-74-80(68,69)76-51-57(49-73-60(65)44-37-30-23-18-19-26-33-40-53(3)4)78-61(66)45-38-31-22-17-15-14-16-20-28-35-42-55(7)9-2/h53-58,63H,8-52H2,1-7H3,(H,68,69)(H,70,71)/t55?,56-,57-,58-/m1/s1. The molecular weight excluding hydrogens is 1080 g/mol. The summed E-state index contributed by atoms with van der Waals surface area (Å²) in [4.78, 5) is 72.0. The van der Waals surface area contributed by atoms with E-state index in [0.29, 0.717) is 37.5 Å². The molecule has 17 nitrogen and oxygen atoms in total. The van der Waals surface area contributed by atoms with Crippen LogP contribution >= 0.6 is 15.6 Å². The Bertz CT molecular complexity index is 1620. The van der Waals surface area contributed by atoms with Gasteiger partial charge in [0.1, 0.15) is 19.3 Å². The summed E-state index contributed by atoms with van der Waals surface area (Å²) in [5.41, 5.74) is 0. The zero-order valence-corrected chi connectivity index (χ0v) is 54.0. The Balaban J connectivity index is 5.23. The molecule has 0 fully saturated rings. The van der Waals surface area contributed by atoms with E-state index in [9.17, 15) is 43.2 Å². The quantitative estimate of drug-likeness (QED) is 0.0222. The van der Waals surface area contributed by atoms with Crippen LogP contribution in [0.1, 0.15) is 299 Å². The number of unbranched alkanes of at least 4 members (excludes halogenated alkanes) is 27. The number of hydrogen-bond donors (Lipinski definition) is 3. The van der Waals surface area contributed by atoms with Crippen molar-refractivity contribution in [2.24, 2.45) is 17.8 Å². The Morgan fingerprint density at radius 1 is 0.358 bits per heavy atom. The van der Waals surface area contributed by atoms with Crippen molar-refractivity contribution >= 4 is 39.5 Å². The van der Waals surface area contributed by atoms with Crippen LogP contribution in [0.4, 0.5) is 0 Å². The monoisotopic (exact) mass is 1200 g/mol. The van der Waals surface area contributed by atoms with Crippen molar-refractivity contribution in [2.75, 3.05) is 39.6 Å². The van der Waals surface area contributed by atoms with Crippen molar-refractivity contribution in [3.63, 3.8) is 0 Å². The van der Waals surface area contributed by atoms with Crippen molar-refractivity contribution in [2.45, 2.75) is 317 Å². The molecule has 3 N–H and O–H groups in total. The SMILES string of the molecule is CCCCCCCCCCC(=O)OC[C@H](COP(=O)(O)OC[C@H](O)COP(=O)(O)OC[C@@H](COC(=O)CCCCCCCCCC(C)C)OC(=O)CCCCCCCCCCCCC(C)CC)OC(=O)CCCCCCCCC(C)C. The number of hydrogen-bond acceptors (Lipinski definition) is 15. The number of esters is 4. The second-order valence-corrected chi connectivity index (χ2v) is 26.5. The van der Waals surface area contributed by atoms with Crippen LogP contribution in [0.25, 0.3) is 0 Å². The van der Waals surface area contributed by atoms with E-state index in [2.05, 4.69) is 48.5 Å². The summed E-state index contributed by atoms with van der Waals surface area (Å²) in [6.45, 7) is 11.6. The van der Waals surface area contributed by atoms with E-state index in [4.69, 9.17) is 37.0 Å². The highest BCUT2D eigenvalue weighted by molar-refractivity contribution is 7.47. The molecule has 81 heavy (non-hydrogen) atoms. The van der Waals surface area contributed by atoms with Crippen molar-refractivity contribution in [1.29, 1.82) is 0 Å².